The van der Waals surface area contributed by atoms with Crippen molar-refractivity contribution in [3.05, 3.63) is 39.9 Å². The Labute approximate surface area is 86.7 Å². The van der Waals surface area contributed by atoms with Crippen LogP contribution in [0.1, 0.15) is 18.9 Å². The minimum Gasteiger partial charge on any atom is -0.384 e. The van der Waals surface area contributed by atoms with Gasteiger partial charge in [-0.2, -0.15) is 5.26 Å². The van der Waals surface area contributed by atoms with Gasteiger partial charge in [-0.3, -0.25) is 10.1 Å². The molecule has 1 unspecified atom stereocenters. The largest absolute Gasteiger partial charge is 0.384 e. The first-order valence-electron chi connectivity index (χ1n) is 4.31. The molecule has 0 saturated carbocycles. The highest BCUT2D eigenvalue weighted by Crippen LogP contribution is 2.25. The van der Waals surface area contributed by atoms with Gasteiger partial charge < -0.3 is 5.11 Å². The molecule has 1 rings (SSSR count). The maximum absolute atomic E-state index is 10.4. The monoisotopic (exact) mass is 206 g/mol. The molecule has 0 aliphatic heterocycles. The highest BCUT2D eigenvalue weighted by molar-refractivity contribution is 5.35. The standard InChI is InChI=1S/C10H10N2O3/c1-10(13,6-7-11)8-2-4-9(5-3-8)12(14)15/h2-5,13H,6H2,1H3. The Balaban J connectivity index is 2.99. The van der Waals surface area contributed by atoms with E-state index < -0.39 is 10.5 Å². The fraction of sp³-hybridized carbons (Fsp3) is 0.300. The van der Waals surface area contributed by atoms with Crippen molar-refractivity contribution in [2.75, 3.05) is 0 Å². The Bertz CT molecular complexity index is 404. The molecule has 1 aromatic rings. The molecular weight excluding hydrogens is 196 g/mol. The van der Waals surface area contributed by atoms with Gasteiger partial charge in [-0.25, -0.2) is 0 Å². The maximum atomic E-state index is 10.4. The third-order valence-electron chi connectivity index (χ3n) is 2.12. The van der Waals surface area contributed by atoms with Crippen LogP contribution >= 0.6 is 0 Å². The molecule has 0 bridgehead atoms. The van der Waals surface area contributed by atoms with Crippen LogP contribution in [0.15, 0.2) is 24.3 Å². The number of rotatable bonds is 3. The summed E-state index contributed by atoms with van der Waals surface area (Å²) in [4.78, 5) is 9.87. The summed E-state index contributed by atoms with van der Waals surface area (Å²) in [6.07, 6.45) is -0.0508. The Morgan fingerprint density at radius 3 is 2.47 bits per heavy atom. The van der Waals surface area contributed by atoms with Crippen molar-refractivity contribution in [3.63, 3.8) is 0 Å². The minimum absolute atomic E-state index is 0.0356. The van der Waals surface area contributed by atoms with Crippen LogP contribution in [0, 0.1) is 21.4 Å². The van der Waals surface area contributed by atoms with Crippen molar-refractivity contribution in [1.29, 1.82) is 5.26 Å². The smallest absolute Gasteiger partial charge is 0.269 e. The number of hydrogen-bond donors (Lipinski definition) is 1. The van der Waals surface area contributed by atoms with Gasteiger partial charge in [0.25, 0.3) is 5.69 Å². The second kappa shape index (κ2) is 4.07. The van der Waals surface area contributed by atoms with E-state index in [0.29, 0.717) is 5.56 Å². The molecule has 0 heterocycles. The number of nitro groups is 1. The highest BCUT2D eigenvalue weighted by atomic mass is 16.6. The van der Waals surface area contributed by atoms with Gasteiger partial charge >= 0.3 is 0 Å². The van der Waals surface area contributed by atoms with E-state index in [1.807, 2.05) is 6.07 Å². The van der Waals surface area contributed by atoms with Crippen LogP contribution in [0.2, 0.25) is 0 Å². The van der Waals surface area contributed by atoms with Gasteiger partial charge in [-0.15, -0.1) is 0 Å². The summed E-state index contributed by atoms with van der Waals surface area (Å²) in [6.45, 7) is 1.50. The fourth-order valence-electron chi connectivity index (χ4n) is 1.20. The summed E-state index contributed by atoms with van der Waals surface area (Å²) >= 11 is 0. The normalized spacial score (nSPS) is 13.9. The van der Waals surface area contributed by atoms with Gasteiger partial charge in [0.05, 0.1) is 23.0 Å². The van der Waals surface area contributed by atoms with Gasteiger partial charge in [0.15, 0.2) is 0 Å². The van der Waals surface area contributed by atoms with Gasteiger partial charge in [-0.05, 0) is 24.6 Å². The Hall–Kier alpha value is -1.93. The molecule has 1 N–H and O–H groups in total. The first-order valence-corrected chi connectivity index (χ1v) is 4.31. The molecule has 0 aliphatic rings. The molecule has 1 aromatic carbocycles. The van der Waals surface area contributed by atoms with Crippen LogP contribution in [0.3, 0.4) is 0 Å². The lowest BCUT2D eigenvalue weighted by atomic mass is 9.93. The van der Waals surface area contributed by atoms with Crippen molar-refractivity contribution >= 4 is 5.69 Å². The van der Waals surface area contributed by atoms with E-state index in [9.17, 15) is 15.2 Å². The quantitative estimate of drug-likeness (QED) is 0.602. The van der Waals surface area contributed by atoms with E-state index in [2.05, 4.69) is 0 Å². The molecule has 5 heteroatoms. The van der Waals surface area contributed by atoms with Gasteiger partial charge in [0.1, 0.15) is 0 Å². The maximum Gasteiger partial charge on any atom is 0.269 e. The van der Waals surface area contributed by atoms with E-state index >= 15 is 0 Å². The third kappa shape index (κ3) is 2.51. The SMILES string of the molecule is CC(O)(CC#N)c1ccc([N+](=O)[O-])cc1. The van der Waals surface area contributed by atoms with Crippen LogP contribution in [0.4, 0.5) is 5.69 Å². The molecule has 15 heavy (non-hydrogen) atoms. The summed E-state index contributed by atoms with van der Waals surface area (Å²) in [5, 5.41) is 28.7. The lowest BCUT2D eigenvalue weighted by Gasteiger charge is -2.19. The van der Waals surface area contributed by atoms with Crippen LogP contribution in [-0.2, 0) is 5.60 Å². The fourth-order valence-corrected chi connectivity index (χ4v) is 1.20. The number of aliphatic hydroxyl groups is 1. The summed E-state index contributed by atoms with van der Waals surface area (Å²) in [6, 6.07) is 7.38. The molecule has 0 spiro atoms. The zero-order valence-corrected chi connectivity index (χ0v) is 8.17. The third-order valence-corrected chi connectivity index (χ3v) is 2.12. The van der Waals surface area contributed by atoms with Crippen LogP contribution in [0.25, 0.3) is 0 Å². The van der Waals surface area contributed by atoms with E-state index in [1.54, 1.807) is 0 Å². The predicted molar refractivity (Wildman–Crippen MR) is 52.9 cm³/mol. The van der Waals surface area contributed by atoms with Crippen molar-refractivity contribution in [2.45, 2.75) is 18.9 Å². The average molecular weight is 206 g/mol. The number of nitriles is 1. The zero-order valence-electron chi connectivity index (χ0n) is 8.17. The van der Waals surface area contributed by atoms with Gasteiger partial charge in [0, 0.05) is 12.1 Å². The van der Waals surface area contributed by atoms with E-state index in [0.717, 1.165) is 0 Å². The van der Waals surface area contributed by atoms with Crippen molar-refractivity contribution < 1.29 is 10.0 Å². The Morgan fingerprint density at radius 1 is 1.53 bits per heavy atom. The van der Waals surface area contributed by atoms with Crippen LogP contribution in [0.5, 0.6) is 0 Å². The predicted octanol–water partition coefficient (Wildman–Crippen LogP) is 1.72. The molecule has 0 aliphatic carbocycles. The summed E-state index contributed by atoms with van der Waals surface area (Å²) < 4.78 is 0. The van der Waals surface area contributed by atoms with Crippen LogP contribution < -0.4 is 0 Å². The molecule has 78 valence electrons. The average Bonchev–Trinajstić information content (AvgIpc) is 2.18. The molecule has 0 radical (unpaired) electrons. The Kier molecular flexibility index (Phi) is 3.02. The first kappa shape index (κ1) is 11.1. The topological polar surface area (TPSA) is 87.2 Å². The summed E-state index contributed by atoms with van der Waals surface area (Å²) in [7, 11) is 0. The first-order chi connectivity index (χ1) is 6.97. The van der Waals surface area contributed by atoms with Crippen molar-refractivity contribution in [3.8, 4) is 6.07 Å². The van der Waals surface area contributed by atoms with Gasteiger partial charge in [-0.1, -0.05) is 0 Å². The minimum atomic E-state index is -1.26. The molecule has 5 nitrogen and oxygen atoms in total. The lowest BCUT2D eigenvalue weighted by molar-refractivity contribution is -0.384. The number of benzene rings is 1. The van der Waals surface area contributed by atoms with Gasteiger partial charge in [0.2, 0.25) is 0 Å². The number of nitro benzene ring substituents is 1. The number of non-ortho nitro benzene ring substituents is 1. The molecule has 0 amide bonds. The second-order valence-corrected chi connectivity index (χ2v) is 3.41. The van der Waals surface area contributed by atoms with Crippen LogP contribution in [-0.4, -0.2) is 10.0 Å². The summed E-state index contributed by atoms with van der Waals surface area (Å²) in [5.74, 6) is 0. The zero-order chi connectivity index (χ0) is 11.5. The second-order valence-electron chi connectivity index (χ2n) is 3.41. The number of hydrogen-bond acceptors (Lipinski definition) is 4. The number of nitrogens with zero attached hydrogens (tertiary/aromatic N) is 2. The van der Waals surface area contributed by atoms with E-state index in [1.165, 1.54) is 31.2 Å². The lowest BCUT2D eigenvalue weighted by Crippen LogP contribution is -2.19. The van der Waals surface area contributed by atoms with Crippen molar-refractivity contribution in [2.24, 2.45) is 0 Å². The van der Waals surface area contributed by atoms with E-state index in [4.69, 9.17) is 5.26 Å². The summed E-state index contributed by atoms with van der Waals surface area (Å²) in [5.41, 5.74) is -0.801. The van der Waals surface area contributed by atoms with E-state index in [-0.39, 0.29) is 12.1 Å². The highest BCUT2D eigenvalue weighted by Gasteiger charge is 2.23. The Morgan fingerprint density at radius 2 is 2.07 bits per heavy atom. The molecule has 0 aromatic heterocycles. The molecule has 0 saturated heterocycles. The molecular formula is C10H10N2O3. The van der Waals surface area contributed by atoms with Crippen molar-refractivity contribution in [1.82, 2.24) is 0 Å². The molecule has 1 atom stereocenters. The molecule has 0 fully saturated rings.